The van der Waals surface area contributed by atoms with Crippen LogP contribution in [0.5, 0.6) is 0 Å². The molecule has 0 aliphatic rings. The maximum Gasteiger partial charge on any atom is 0.253 e. The number of carbonyl (C=O) groups is 1. The Bertz CT molecular complexity index is 786. The molecule has 0 N–H and O–H groups in total. The van der Waals surface area contributed by atoms with Gasteiger partial charge in [0.05, 0.1) is 0 Å². The molecule has 2 rings (SSSR count). The largest absolute Gasteiger partial charge is 0.315 e. The number of aldehydes is 1. The van der Waals surface area contributed by atoms with Gasteiger partial charge in [-0.1, -0.05) is 6.92 Å². The Morgan fingerprint density at radius 2 is 1.74 bits per heavy atom. The number of aromatic nitrogens is 1. The second-order valence-corrected chi connectivity index (χ2v) is 5.58. The lowest BCUT2D eigenvalue weighted by atomic mass is 9.97. The van der Waals surface area contributed by atoms with Crippen molar-refractivity contribution in [3.8, 4) is 11.1 Å². The summed E-state index contributed by atoms with van der Waals surface area (Å²) >= 11 is 0. The molecule has 1 aromatic heterocycles. The van der Waals surface area contributed by atoms with E-state index >= 15 is 0 Å². The van der Waals surface area contributed by atoms with Crippen LogP contribution in [-0.2, 0) is 17.8 Å². The van der Waals surface area contributed by atoms with Gasteiger partial charge in [0.1, 0.15) is 17.9 Å². The van der Waals surface area contributed by atoms with Crippen molar-refractivity contribution in [2.45, 2.75) is 40.2 Å². The van der Waals surface area contributed by atoms with Crippen LogP contribution in [0.3, 0.4) is 0 Å². The Hall–Kier alpha value is -2.30. The first-order valence-electron chi connectivity index (χ1n) is 7.53. The SMILES string of the molecule is CCCn1cc(-c2cc(F)c(CC=O)c(F)c2)c(C)c(C)c1=O. The zero-order valence-corrected chi connectivity index (χ0v) is 13.5. The van der Waals surface area contributed by atoms with Gasteiger partial charge in [-0.05, 0) is 43.5 Å². The standard InChI is InChI=1S/C18H19F2NO2/c1-4-6-21-10-15(11(2)12(3)18(21)23)13-8-16(19)14(5-7-22)17(20)9-13/h7-10H,4-6H2,1-3H3. The second-order valence-electron chi connectivity index (χ2n) is 5.58. The number of hydrogen-bond donors (Lipinski definition) is 0. The Morgan fingerprint density at radius 1 is 1.13 bits per heavy atom. The highest BCUT2D eigenvalue weighted by Crippen LogP contribution is 2.27. The molecule has 0 saturated carbocycles. The zero-order valence-electron chi connectivity index (χ0n) is 13.5. The molecule has 0 saturated heterocycles. The number of rotatable bonds is 5. The van der Waals surface area contributed by atoms with E-state index in [0.29, 0.717) is 35.1 Å². The second kappa shape index (κ2) is 6.86. The van der Waals surface area contributed by atoms with Gasteiger partial charge in [-0.15, -0.1) is 0 Å². The summed E-state index contributed by atoms with van der Waals surface area (Å²) in [6, 6.07) is 2.43. The Labute approximate surface area is 133 Å². The predicted octanol–water partition coefficient (Wildman–Crippen LogP) is 3.56. The van der Waals surface area contributed by atoms with Gasteiger partial charge in [0, 0.05) is 35.9 Å². The summed E-state index contributed by atoms with van der Waals surface area (Å²) in [5.41, 5.74) is 1.91. The first-order chi connectivity index (χ1) is 10.9. The maximum atomic E-state index is 14.1. The average Bonchev–Trinajstić information content (AvgIpc) is 2.51. The third-order valence-electron chi connectivity index (χ3n) is 4.04. The minimum absolute atomic E-state index is 0.0911. The molecule has 23 heavy (non-hydrogen) atoms. The number of aryl methyl sites for hydroxylation is 1. The van der Waals surface area contributed by atoms with Crippen LogP contribution in [-0.4, -0.2) is 10.9 Å². The Morgan fingerprint density at radius 3 is 2.26 bits per heavy atom. The topological polar surface area (TPSA) is 39.1 Å². The normalized spacial score (nSPS) is 10.8. The highest BCUT2D eigenvalue weighted by Gasteiger charge is 2.15. The highest BCUT2D eigenvalue weighted by atomic mass is 19.1. The van der Waals surface area contributed by atoms with Crippen LogP contribution < -0.4 is 5.56 Å². The summed E-state index contributed by atoms with van der Waals surface area (Å²) in [6.45, 7) is 5.97. The average molecular weight is 319 g/mol. The smallest absolute Gasteiger partial charge is 0.253 e. The van der Waals surface area contributed by atoms with Gasteiger partial charge >= 0.3 is 0 Å². The van der Waals surface area contributed by atoms with E-state index in [1.165, 1.54) is 12.1 Å². The van der Waals surface area contributed by atoms with Gasteiger partial charge < -0.3 is 9.36 Å². The lowest BCUT2D eigenvalue weighted by Gasteiger charge is -2.14. The third-order valence-corrected chi connectivity index (χ3v) is 4.04. The van der Waals surface area contributed by atoms with Crippen molar-refractivity contribution in [3.05, 3.63) is 57.0 Å². The van der Waals surface area contributed by atoms with E-state index in [-0.39, 0.29) is 17.5 Å². The van der Waals surface area contributed by atoms with E-state index in [1.807, 2.05) is 6.92 Å². The van der Waals surface area contributed by atoms with Crippen molar-refractivity contribution in [1.29, 1.82) is 0 Å². The Kier molecular flexibility index (Phi) is 5.08. The van der Waals surface area contributed by atoms with Gasteiger partial charge in [-0.25, -0.2) is 8.78 Å². The van der Waals surface area contributed by atoms with Crippen LogP contribution in [0.25, 0.3) is 11.1 Å². The highest BCUT2D eigenvalue weighted by molar-refractivity contribution is 5.68. The van der Waals surface area contributed by atoms with Crippen LogP contribution in [0.15, 0.2) is 23.1 Å². The number of carbonyl (C=O) groups excluding carboxylic acids is 1. The van der Waals surface area contributed by atoms with Crippen molar-refractivity contribution >= 4 is 6.29 Å². The molecule has 1 aromatic carbocycles. The number of halogens is 2. The van der Waals surface area contributed by atoms with E-state index < -0.39 is 11.6 Å². The van der Waals surface area contributed by atoms with E-state index in [2.05, 4.69) is 0 Å². The fourth-order valence-electron chi connectivity index (χ4n) is 2.62. The minimum Gasteiger partial charge on any atom is -0.315 e. The van der Waals surface area contributed by atoms with Crippen LogP contribution in [0.1, 0.15) is 30.0 Å². The molecule has 5 heteroatoms. The Balaban J connectivity index is 2.67. The quantitative estimate of drug-likeness (QED) is 0.791. The monoisotopic (exact) mass is 319 g/mol. The van der Waals surface area contributed by atoms with Crippen LogP contribution in [0.2, 0.25) is 0 Å². The van der Waals surface area contributed by atoms with Gasteiger partial charge in [0.25, 0.3) is 5.56 Å². The third kappa shape index (κ3) is 3.23. The summed E-state index contributed by atoms with van der Waals surface area (Å²) in [4.78, 5) is 22.7. The molecule has 0 radical (unpaired) electrons. The van der Waals surface area contributed by atoms with Crippen LogP contribution in [0, 0.1) is 25.5 Å². The summed E-state index contributed by atoms with van der Waals surface area (Å²) in [6.07, 6.45) is 2.59. The summed E-state index contributed by atoms with van der Waals surface area (Å²) in [5.74, 6) is -1.50. The molecule has 122 valence electrons. The number of benzene rings is 1. The number of hydrogen-bond acceptors (Lipinski definition) is 2. The lowest BCUT2D eigenvalue weighted by molar-refractivity contribution is -0.107. The summed E-state index contributed by atoms with van der Waals surface area (Å²) in [5, 5.41) is 0. The zero-order chi connectivity index (χ0) is 17.1. The summed E-state index contributed by atoms with van der Waals surface area (Å²) in [7, 11) is 0. The van der Waals surface area contributed by atoms with Gasteiger partial charge in [-0.3, -0.25) is 4.79 Å². The van der Waals surface area contributed by atoms with Gasteiger partial charge in [-0.2, -0.15) is 0 Å². The predicted molar refractivity (Wildman–Crippen MR) is 85.6 cm³/mol. The van der Waals surface area contributed by atoms with Crippen molar-refractivity contribution in [2.75, 3.05) is 0 Å². The van der Waals surface area contributed by atoms with Crippen molar-refractivity contribution < 1.29 is 13.6 Å². The van der Waals surface area contributed by atoms with Crippen molar-refractivity contribution in [3.63, 3.8) is 0 Å². The van der Waals surface area contributed by atoms with Gasteiger partial charge in [0.15, 0.2) is 0 Å². The van der Waals surface area contributed by atoms with Crippen LogP contribution >= 0.6 is 0 Å². The fraction of sp³-hybridized carbons (Fsp3) is 0.333. The van der Waals surface area contributed by atoms with Crippen molar-refractivity contribution in [2.24, 2.45) is 0 Å². The van der Waals surface area contributed by atoms with Crippen molar-refractivity contribution in [1.82, 2.24) is 4.57 Å². The molecule has 0 spiro atoms. The molecule has 2 aromatic rings. The number of pyridine rings is 1. The molecular weight excluding hydrogens is 300 g/mol. The maximum absolute atomic E-state index is 14.1. The lowest BCUT2D eigenvalue weighted by Crippen LogP contribution is -2.23. The minimum atomic E-state index is -0.752. The summed E-state index contributed by atoms with van der Waals surface area (Å²) < 4.78 is 29.7. The van der Waals surface area contributed by atoms with E-state index in [1.54, 1.807) is 24.6 Å². The fourth-order valence-corrected chi connectivity index (χ4v) is 2.62. The first kappa shape index (κ1) is 17.1. The first-order valence-corrected chi connectivity index (χ1v) is 7.53. The molecule has 0 aliphatic carbocycles. The van der Waals surface area contributed by atoms with Crippen LogP contribution in [0.4, 0.5) is 8.78 Å². The molecule has 0 bridgehead atoms. The molecule has 3 nitrogen and oxygen atoms in total. The molecular formula is C18H19F2NO2. The molecule has 0 unspecified atom stereocenters. The van der Waals surface area contributed by atoms with E-state index in [4.69, 9.17) is 0 Å². The molecule has 1 heterocycles. The number of nitrogens with zero attached hydrogens (tertiary/aromatic N) is 1. The molecule has 0 amide bonds. The molecule has 0 fully saturated rings. The molecule has 0 aliphatic heterocycles. The van der Waals surface area contributed by atoms with E-state index in [0.717, 1.165) is 6.42 Å². The van der Waals surface area contributed by atoms with Gasteiger partial charge in [0.2, 0.25) is 0 Å². The van der Waals surface area contributed by atoms with E-state index in [9.17, 15) is 18.4 Å². The molecule has 0 atom stereocenters.